The Balaban J connectivity index is 0.00000288. The van der Waals surface area contributed by atoms with E-state index in [0.717, 1.165) is 0 Å². The van der Waals surface area contributed by atoms with Crippen LogP contribution in [0.1, 0.15) is 20.3 Å². The summed E-state index contributed by atoms with van der Waals surface area (Å²) in [6, 6.07) is 4.04. The van der Waals surface area contributed by atoms with E-state index in [0.29, 0.717) is 28.7 Å². The summed E-state index contributed by atoms with van der Waals surface area (Å²) in [7, 11) is 1.41. The molecule has 0 aliphatic rings. The van der Waals surface area contributed by atoms with Crippen molar-refractivity contribution < 1.29 is 13.9 Å². The van der Waals surface area contributed by atoms with Crippen LogP contribution in [0.25, 0.3) is 11.3 Å². The molecule has 0 spiro atoms. The summed E-state index contributed by atoms with van der Waals surface area (Å²) in [4.78, 5) is 16.3. The van der Waals surface area contributed by atoms with Gasteiger partial charge in [0, 0.05) is 10.9 Å². The van der Waals surface area contributed by atoms with Crippen LogP contribution in [-0.4, -0.2) is 24.0 Å². The predicted molar refractivity (Wildman–Crippen MR) is 97.4 cm³/mol. The van der Waals surface area contributed by atoms with E-state index in [1.165, 1.54) is 24.5 Å². The lowest BCUT2D eigenvalue weighted by Crippen LogP contribution is -2.36. The average Bonchev–Trinajstić information content (AvgIpc) is 2.94. The van der Waals surface area contributed by atoms with Gasteiger partial charge in [-0.15, -0.1) is 23.7 Å². The smallest absolute Gasteiger partial charge is 0.243 e. The van der Waals surface area contributed by atoms with E-state index in [2.05, 4.69) is 10.3 Å². The van der Waals surface area contributed by atoms with Crippen LogP contribution in [0.3, 0.4) is 0 Å². The Labute approximate surface area is 150 Å². The van der Waals surface area contributed by atoms with Gasteiger partial charge in [0.05, 0.1) is 18.8 Å². The summed E-state index contributed by atoms with van der Waals surface area (Å²) in [5.41, 5.74) is 7.04. The number of nitrogens with zero attached hydrogens (tertiary/aromatic N) is 1. The Hall–Kier alpha value is -1.70. The van der Waals surface area contributed by atoms with Gasteiger partial charge < -0.3 is 15.8 Å². The number of aromatic nitrogens is 1. The highest BCUT2D eigenvalue weighted by molar-refractivity contribution is 7.14. The number of amides is 1. The molecule has 3 N–H and O–H groups in total. The van der Waals surface area contributed by atoms with E-state index in [1.54, 1.807) is 17.5 Å². The lowest BCUT2D eigenvalue weighted by atomic mass is 10.0. The van der Waals surface area contributed by atoms with Crippen LogP contribution in [0.5, 0.6) is 5.75 Å². The third kappa shape index (κ3) is 5.15. The fourth-order valence-electron chi connectivity index (χ4n) is 2.10. The van der Waals surface area contributed by atoms with E-state index in [-0.39, 0.29) is 24.1 Å². The molecule has 1 atom stereocenters. The number of benzene rings is 1. The molecule has 0 saturated heterocycles. The van der Waals surface area contributed by atoms with Gasteiger partial charge in [-0.2, -0.15) is 0 Å². The molecule has 0 radical (unpaired) electrons. The molecule has 5 nitrogen and oxygen atoms in total. The zero-order valence-corrected chi connectivity index (χ0v) is 15.3. The third-order valence-electron chi connectivity index (χ3n) is 3.24. The van der Waals surface area contributed by atoms with Crippen LogP contribution in [0.2, 0.25) is 0 Å². The summed E-state index contributed by atoms with van der Waals surface area (Å²) in [5.74, 6) is -0.204. The number of nitrogens with two attached hydrogens (primary N) is 1. The molecule has 1 amide bonds. The number of hydrogen-bond donors (Lipinski definition) is 2. The molecular formula is C16H21ClFN3O2S. The first kappa shape index (κ1) is 20.3. The third-order valence-corrected chi connectivity index (χ3v) is 4.00. The van der Waals surface area contributed by atoms with Gasteiger partial charge in [-0.05, 0) is 30.5 Å². The van der Waals surface area contributed by atoms with Crippen molar-refractivity contribution in [2.24, 2.45) is 11.7 Å². The van der Waals surface area contributed by atoms with Gasteiger partial charge in [-0.25, -0.2) is 9.37 Å². The van der Waals surface area contributed by atoms with Crippen LogP contribution < -0.4 is 15.8 Å². The van der Waals surface area contributed by atoms with Gasteiger partial charge in [-0.3, -0.25) is 4.79 Å². The maximum absolute atomic E-state index is 13.7. The number of halogens is 2. The van der Waals surface area contributed by atoms with Crippen LogP contribution >= 0.6 is 23.7 Å². The minimum atomic E-state index is -0.569. The number of anilines is 1. The van der Waals surface area contributed by atoms with Gasteiger partial charge in [0.1, 0.15) is 0 Å². The molecule has 0 unspecified atom stereocenters. The molecule has 0 aliphatic carbocycles. The van der Waals surface area contributed by atoms with Crippen molar-refractivity contribution in [3.63, 3.8) is 0 Å². The summed E-state index contributed by atoms with van der Waals surface area (Å²) < 4.78 is 18.6. The number of thiazole rings is 1. The zero-order valence-electron chi connectivity index (χ0n) is 13.7. The Bertz CT molecular complexity index is 694. The maximum atomic E-state index is 13.7. The van der Waals surface area contributed by atoms with Crippen LogP contribution in [0, 0.1) is 11.7 Å². The van der Waals surface area contributed by atoms with E-state index < -0.39 is 11.9 Å². The first-order valence-electron chi connectivity index (χ1n) is 7.26. The van der Waals surface area contributed by atoms with Gasteiger partial charge in [-0.1, -0.05) is 13.8 Å². The number of carbonyl (C=O) groups excluding carboxylic acids is 1. The monoisotopic (exact) mass is 373 g/mol. The summed E-state index contributed by atoms with van der Waals surface area (Å²) in [6.45, 7) is 4.01. The summed E-state index contributed by atoms with van der Waals surface area (Å²) in [6.07, 6.45) is 0.605. The largest absolute Gasteiger partial charge is 0.494 e. The molecule has 8 heteroatoms. The molecule has 0 saturated carbocycles. The van der Waals surface area contributed by atoms with Gasteiger partial charge in [0.15, 0.2) is 16.7 Å². The quantitative estimate of drug-likeness (QED) is 0.809. The number of rotatable bonds is 6. The highest BCUT2D eigenvalue weighted by Gasteiger charge is 2.17. The molecule has 1 aromatic heterocycles. The SMILES string of the molecule is COc1ccc(-c2csc(NC(=O)[C@@H](N)CC(C)C)n2)cc1F.Cl. The molecule has 132 valence electrons. The van der Waals surface area contributed by atoms with Crippen molar-refractivity contribution in [1.29, 1.82) is 0 Å². The fraction of sp³-hybridized carbons (Fsp3) is 0.375. The van der Waals surface area contributed by atoms with Crippen molar-refractivity contribution in [1.82, 2.24) is 4.98 Å². The molecule has 1 heterocycles. The van der Waals surface area contributed by atoms with Crippen molar-refractivity contribution in [3.8, 4) is 17.0 Å². The Morgan fingerprint density at radius 3 is 2.75 bits per heavy atom. The number of carbonyl (C=O) groups is 1. The first-order chi connectivity index (χ1) is 10.9. The van der Waals surface area contributed by atoms with Gasteiger partial charge in [0.25, 0.3) is 0 Å². The van der Waals surface area contributed by atoms with Crippen LogP contribution in [-0.2, 0) is 4.79 Å². The number of hydrogen-bond acceptors (Lipinski definition) is 5. The minimum Gasteiger partial charge on any atom is -0.494 e. The predicted octanol–water partition coefficient (Wildman–Crippen LogP) is 3.69. The lowest BCUT2D eigenvalue weighted by molar-refractivity contribution is -0.117. The van der Waals surface area contributed by atoms with Gasteiger partial charge >= 0.3 is 0 Å². The standard InChI is InChI=1S/C16H20FN3O2S.ClH/c1-9(2)6-12(18)15(21)20-16-19-13(8-23-16)10-4-5-14(22-3)11(17)7-10;/h4-5,7-9,12H,6,18H2,1-3H3,(H,19,20,21);1H/t12-;/m0./s1. The molecule has 2 rings (SSSR count). The normalized spacial score (nSPS) is 11.8. The Kier molecular flexibility index (Phi) is 7.59. The second kappa shape index (κ2) is 8.96. The summed E-state index contributed by atoms with van der Waals surface area (Å²) >= 11 is 1.27. The molecule has 0 aliphatic heterocycles. The molecule has 1 aromatic carbocycles. The van der Waals surface area contributed by atoms with Crippen molar-refractivity contribution >= 4 is 34.8 Å². The molecular weight excluding hydrogens is 353 g/mol. The van der Waals surface area contributed by atoms with Crippen molar-refractivity contribution in [2.75, 3.05) is 12.4 Å². The second-order valence-electron chi connectivity index (χ2n) is 5.61. The fourth-order valence-corrected chi connectivity index (χ4v) is 2.83. The van der Waals surface area contributed by atoms with Gasteiger partial charge in [0.2, 0.25) is 5.91 Å². The van der Waals surface area contributed by atoms with E-state index in [1.807, 2.05) is 13.8 Å². The molecule has 0 bridgehead atoms. The highest BCUT2D eigenvalue weighted by atomic mass is 35.5. The van der Waals surface area contributed by atoms with E-state index in [9.17, 15) is 9.18 Å². The highest BCUT2D eigenvalue weighted by Crippen LogP contribution is 2.28. The van der Waals surface area contributed by atoms with Crippen molar-refractivity contribution in [3.05, 3.63) is 29.4 Å². The summed E-state index contributed by atoms with van der Waals surface area (Å²) in [5, 5.41) is 4.90. The molecule has 24 heavy (non-hydrogen) atoms. The number of methoxy groups -OCH3 is 1. The van der Waals surface area contributed by atoms with E-state index >= 15 is 0 Å². The van der Waals surface area contributed by atoms with Crippen LogP contribution in [0.4, 0.5) is 9.52 Å². The maximum Gasteiger partial charge on any atom is 0.243 e. The van der Waals surface area contributed by atoms with Crippen molar-refractivity contribution in [2.45, 2.75) is 26.3 Å². The average molecular weight is 374 g/mol. The first-order valence-corrected chi connectivity index (χ1v) is 8.14. The number of nitrogens with one attached hydrogen (secondary N) is 1. The zero-order chi connectivity index (χ0) is 17.0. The topological polar surface area (TPSA) is 77.2 Å². The Morgan fingerprint density at radius 2 is 2.17 bits per heavy atom. The molecule has 0 fully saturated rings. The molecule has 2 aromatic rings. The Morgan fingerprint density at radius 1 is 1.46 bits per heavy atom. The van der Waals surface area contributed by atoms with E-state index in [4.69, 9.17) is 10.5 Å². The minimum absolute atomic E-state index is 0. The number of ether oxygens (including phenoxy) is 1. The van der Waals surface area contributed by atoms with Crippen LogP contribution in [0.15, 0.2) is 23.6 Å². The lowest BCUT2D eigenvalue weighted by Gasteiger charge is -2.12. The second-order valence-corrected chi connectivity index (χ2v) is 6.47.